The zero-order valence-corrected chi connectivity index (χ0v) is 16.2. The first-order chi connectivity index (χ1) is 10.5. The van der Waals surface area contributed by atoms with Gasteiger partial charge < -0.3 is 9.16 Å². The standard InChI is InChI=1S/C18H36O3Si/c1-5-22(6-2,7-3)21-16-18(12-9-8-10-13-18)14-11-15-20-17(4)19/h5-16H2,1-4H3. The minimum atomic E-state index is -1.50. The van der Waals surface area contributed by atoms with Crippen molar-refractivity contribution in [1.29, 1.82) is 0 Å². The Labute approximate surface area is 138 Å². The van der Waals surface area contributed by atoms with Gasteiger partial charge in [-0.25, -0.2) is 0 Å². The van der Waals surface area contributed by atoms with Crippen molar-refractivity contribution < 1.29 is 14.0 Å². The van der Waals surface area contributed by atoms with Crippen LogP contribution < -0.4 is 0 Å². The lowest BCUT2D eigenvalue weighted by molar-refractivity contribution is -0.141. The Kier molecular flexibility index (Phi) is 8.69. The summed E-state index contributed by atoms with van der Waals surface area (Å²) < 4.78 is 11.7. The average molecular weight is 329 g/mol. The number of rotatable bonds is 10. The number of carbonyl (C=O) groups excluding carboxylic acids is 1. The molecule has 1 rings (SSSR count). The lowest BCUT2D eigenvalue weighted by Crippen LogP contribution is -2.41. The van der Waals surface area contributed by atoms with Gasteiger partial charge in [0, 0.05) is 13.5 Å². The van der Waals surface area contributed by atoms with E-state index >= 15 is 0 Å². The highest BCUT2D eigenvalue weighted by Gasteiger charge is 2.36. The molecule has 0 heterocycles. The molecular formula is C18H36O3Si. The van der Waals surface area contributed by atoms with Gasteiger partial charge >= 0.3 is 5.97 Å². The van der Waals surface area contributed by atoms with Crippen LogP contribution >= 0.6 is 0 Å². The summed E-state index contributed by atoms with van der Waals surface area (Å²) in [7, 11) is -1.50. The summed E-state index contributed by atoms with van der Waals surface area (Å²) in [5.41, 5.74) is 0.343. The molecule has 0 radical (unpaired) electrons. The molecule has 0 N–H and O–H groups in total. The van der Waals surface area contributed by atoms with Gasteiger partial charge in [0.05, 0.1) is 6.61 Å². The predicted octanol–water partition coefficient (Wildman–Crippen LogP) is 5.30. The highest BCUT2D eigenvalue weighted by atomic mass is 28.4. The molecule has 0 amide bonds. The van der Waals surface area contributed by atoms with Crippen LogP contribution in [0.1, 0.15) is 72.6 Å². The molecule has 1 saturated carbocycles. The molecule has 0 saturated heterocycles. The second-order valence-corrected chi connectivity index (χ2v) is 11.8. The molecule has 0 aromatic heterocycles. The third kappa shape index (κ3) is 6.03. The van der Waals surface area contributed by atoms with E-state index in [4.69, 9.17) is 9.16 Å². The highest BCUT2D eigenvalue weighted by Crippen LogP contribution is 2.41. The normalized spacial score (nSPS) is 18.2. The van der Waals surface area contributed by atoms with E-state index in [-0.39, 0.29) is 5.97 Å². The van der Waals surface area contributed by atoms with Gasteiger partial charge in [-0.15, -0.1) is 0 Å². The average Bonchev–Trinajstić information content (AvgIpc) is 2.54. The highest BCUT2D eigenvalue weighted by molar-refractivity contribution is 6.73. The number of carbonyl (C=O) groups is 1. The summed E-state index contributed by atoms with van der Waals surface area (Å²) in [6.07, 6.45) is 8.71. The van der Waals surface area contributed by atoms with Gasteiger partial charge in [-0.3, -0.25) is 4.79 Å². The van der Waals surface area contributed by atoms with Crippen molar-refractivity contribution in [3.05, 3.63) is 0 Å². The first-order valence-electron chi connectivity index (χ1n) is 9.29. The van der Waals surface area contributed by atoms with Crippen LogP contribution in [0.25, 0.3) is 0 Å². The molecule has 130 valence electrons. The van der Waals surface area contributed by atoms with E-state index in [9.17, 15) is 4.79 Å². The van der Waals surface area contributed by atoms with Gasteiger partial charge in [-0.05, 0) is 49.2 Å². The molecule has 3 nitrogen and oxygen atoms in total. The Morgan fingerprint density at radius 3 is 2.14 bits per heavy atom. The second-order valence-electron chi connectivity index (χ2n) is 7.04. The Hall–Kier alpha value is -0.353. The monoisotopic (exact) mass is 328 g/mol. The van der Waals surface area contributed by atoms with Crippen LogP contribution in [-0.4, -0.2) is 27.5 Å². The molecule has 0 aromatic carbocycles. The summed E-state index contributed by atoms with van der Waals surface area (Å²) in [6, 6.07) is 3.68. The van der Waals surface area contributed by atoms with Gasteiger partial charge in [0.15, 0.2) is 8.32 Å². The lowest BCUT2D eigenvalue weighted by Gasteiger charge is -2.41. The SMILES string of the molecule is CC[Si](CC)(CC)OCC1(CCCOC(C)=O)CCCCC1. The molecule has 4 heteroatoms. The molecule has 0 unspecified atom stereocenters. The number of ether oxygens (including phenoxy) is 1. The smallest absolute Gasteiger partial charge is 0.302 e. The zero-order chi connectivity index (χ0) is 16.5. The van der Waals surface area contributed by atoms with Crippen molar-refractivity contribution >= 4 is 14.3 Å². The quantitative estimate of drug-likeness (QED) is 0.310. The molecule has 1 fully saturated rings. The van der Waals surface area contributed by atoms with Crippen LogP contribution in [0.2, 0.25) is 18.1 Å². The maximum absolute atomic E-state index is 10.9. The summed E-state index contributed by atoms with van der Waals surface area (Å²) >= 11 is 0. The maximum atomic E-state index is 10.9. The Morgan fingerprint density at radius 1 is 1.05 bits per heavy atom. The van der Waals surface area contributed by atoms with E-state index in [1.807, 2.05) is 0 Å². The fourth-order valence-electron chi connectivity index (χ4n) is 3.79. The minimum absolute atomic E-state index is 0.164. The van der Waals surface area contributed by atoms with Crippen molar-refractivity contribution in [3.63, 3.8) is 0 Å². The molecule has 1 aliphatic carbocycles. The van der Waals surface area contributed by atoms with Crippen LogP contribution in [0.4, 0.5) is 0 Å². The Morgan fingerprint density at radius 2 is 1.64 bits per heavy atom. The number of esters is 1. The summed E-state index contributed by atoms with van der Waals surface area (Å²) in [5, 5.41) is 0. The lowest BCUT2D eigenvalue weighted by atomic mass is 9.72. The minimum Gasteiger partial charge on any atom is -0.466 e. The molecule has 0 atom stereocenters. The molecular weight excluding hydrogens is 292 g/mol. The number of hydrogen-bond donors (Lipinski definition) is 0. The largest absolute Gasteiger partial charge is 0.466 e. The first kappa shape index (κ1) is 19.7. The van der Waals surface area contributed by atoms with Gasteiger partial charge in [-0.1, -0.05) is 40.0 Å². The molecule has 22 heavy (non-hydrogen) atoms. The third-order valence-corrected chi connectivity index (χ3v) is 10.3. The molecule has 0 aliphatic heterocycles. The Bertz CT molecular complexity index is 312. The van der Waals surface area contributed by atoms with E-state index in [0.717, 1.165) is 19.4 Å². The fourth-order valence-corrected chi connectivity index (χ4v) is 6.52. The number of hydrogen-bond acceptors (Lipinski definition) is 3. The van der Waals surface area contributed by atoms with Crippen LogP contribution in [-0.2, 0) is 14.0 Å². The fraction of sp³-hybridized carbons (Fsp3) is 0.944. The van der Waals surface area contributed by atoms with Crippen LogP contribution in [0.15, 0.2) is 0 Å². The zero-order valence-electron chi connectivity index (χ0n) is 15.2. The molecule has 0 bridgehead atoms. The van der Waals surface area contributed by atoms with Crippen molar-refractivity contribution in [2.75, 3.05) is 13.2 Å². The van der Waals surface area contributed by atoms with E-state index in [2.05, 4.69) is 20.8 Å². The summed E-state index contributed by atoms with van der Waals surface area (Å²) in [6.45, 7) is 9.89. The Balaban J connectivity index is 2.57. The van der Waals surface area contributed by atoms with E-state index in [1.54, 1.807) is 0 Å². The van der Waals surface area contributed by atoms with E-state index in [1.165, 1.54) is 57.2 Å². The van der Waals surface area contributed by atoms with Crippen LogP contribution in [0, 0.1) is 5.41 Å². The molecule has 1 aliphatic rings. The third-order valence-electron chi connectivity index (χ3n) is 5.69. The maximum Gasteiger partial charge on any atom is 0.302 e. The van der Waals surface area contributed by atoms with Gasteiger partial charge in [0.25, 0.3) is 0 Å². The second kappa shape index (κ2) is 9.71. The van der Waals surface area contributed by atoms with Gasteiger partial charge in [0.2, 0.25) is 0 Å². The first-order valence-corrected chi connectivity index (χ1v) is 11.8. The van der Waals surface area contributed by atoms with Crippen molar-refractivity contribution in [2.24, 2.45) is 5.41 Å². The van der Waals surface area contributed by atoms with Gasteiger partial charge in [0.1, 0.15) is 0 Å². The van der Waals surface area contributed by atoms with Crippen LogP contribution in [0.5, 0.6) is 0 Å². The summed E-state index contributed by atoms with van der Waals surface area (Å²) in [4.78, 5) is 10.9. The predicted molar refractivity (Wildman–Crippen MR) is 94.5 cm³/mol. The summed E-state index contributed by atoms with van der Waals surface area (Å²) in [5.74, 6) is -0.164. The van der Waals surface area contributed by atoms with E-state index < -0.39 is 8.32 Å². The van der Waals surface area contributed by atoms with Crippen molar-refractivity contribution in [3.8, 4) is 0 Å². The van der Waals surface area contributed by atoms with Crippen LogP contribution in [0.3, 0.4) is 0 Å². The molecule has 0 aromatic rings. The van der Waals surface area contributed by atoms with Gasteiger partial charge in [-0.2, -0.15) is 0 Å². The van der Waals surface area contributed by atoms with Crippen molar-refractivity contribution in [1.82, 2.24) is 0 Å². The van der Waals surface area contributed by atoms with Crippen molar-refractivity contribution in [2.45, 2.75) is 90.8 Å². The van der Waals surface area contributed by atoms with E-state index in [0.29, 0.717) is 12.0 Å². The topological polar surface area (TPSA) is 35.5 Å². The molecule has 0 spiro atoms.